The van der Waals surface area contributed by atoms with Crippen molar-refractivity contribution >= 4 is 28.8 Å². The molecular formula is C12H13ClN2S. The fraction of sp³-hybridized carbons (Fsp3) is 0.250. The third kappa shape index (κ3) is 2.74. The maximum atomic E-state index is 5.91. The summed E-state index contributed by atoms with van der Waals surface area (Å²) in [6.07, 6.45) is 1.09. The molecule has 0 aliphatic rings. The average Bonchev–Trinajstić information content (AvgIpc) is 2.74. The molecule has 0 fully saturated rings. The number of nitrogens with one attached hydrogen (secondary N) is 1. The lowest BCUT2D eigenvalue weighted by atomic mass is 10.3. The molecule has 0 radical (unpaired) electrons. The van der Waals surface area contributed by atoms with Gasteiger partial charge in [-0.25, -0.2) is 4.98 Å². The molecule has 2 heterocycles. The molecule has 0 aliphatic carbocycles. The van der Waals surface area contributed by atoms with Crippen LogP contribution in [0.3, 0.4) is 0 Å². The first-order chi connectivity index (χ1) is 7.79. The van der Waals surface area contributed by atoms with Crippen molar-refractivity contribution in [1.82, 2.24) is 4.98 Å². The Balaban J connectivity index is 2.22. The molecule has 2 aromatic rings. The van der Waals surface area contributed by atoms with Gasteiger partial charge in [0.05, 0.1) is 14.9 Å². The van der Waals surface area contributed by atoms with Crippen LogP contribution in [0.15, 0.2) is 30.3 Å². The molecule has 16 heavy (non-hydrogen) atoms. The molecule has 0 saturated heterocycles. The van der Waals surface area contributed by atoms with Crippen LogP contribution < -0.4 is 5.32 Å². The Morgan fingerprint density at radius 3 is 2.88 bits per heavy atom. The molecule has 0 aromatic carbocycles. The van der Waals surface area contributed by atoms with Crippen LogP contribution in [-0.2, 0) is 0 Å². The molecule has 0 amide bonds. The summed E-state index contributed by atoms with van der Waals surface area (Å²) in [5.41, 5.74) is 0.970. The van der Waals surface area contributed by atoms with Crippen molar-refractivity contribution in [1.29, 1.82) is 0 Å². The fourth-order valence-electron chi connectivity index (χ4n) is 1.38. The van der Waals surface area contributed by atoms with Gasteiger partial charge in [0.1, 0.15) is 5.82 Å². The Hall–Kier alpha value is -1.06. The summed E-state index contributed by atoms with van der Waals surface area (Å²) in [6.45, 7) is 3.08. The highest BCUT2D eigenvalue weighted by Crippen LogP contribution is 2.30. The molecule has 4 heteroatoms. The Morgan fingerprint density at radius 2 is 2.19 bits per heavy atom. The third-order valence-electron chi connectivity index (χ3n) is 2.13. The molecule has 0 saturated carbocycles. The van der Waals surface area contributed by atoms with Crippen LogP contribution in [0.5, 0.6) is 0 Å². The Morgan fingerprint density at radius 1 is 1.31 bits per heavy atom. The fourth-order valence-corrected chi connectivity index (χ4v) is 2.39. The summed E-state index contributed by atoms with van der Waals surface area (Å²) in [7, 11) is 0. The van der Waals surface area contributed by atoms with Gasteiger partial charge in [-0.3, -0.25) is 0 Å². The van der Waals surface area contributed by atoms with E-state index in [1.807, 2.05) is 30.3 Å². The van der Waals surface area contributed by atoms with Crippen LogP contribution in [0, 0.1) is 0 Å². The maximum absolute atomic E-state index is 5.91. The number of anilines is 1. The van der Waals surface area contributed by atoms with Gasteiger partial charge in [0, 0.05) is 6.54 Å². The molecule has 2 rings (SSSR count). The molecule has 2 nitrogen and oxygen atoms in total. The number of halogens is 1. The van der Waals surface area contributed by atoms with E-state index in [1.54, 1.807) is 11.3 Å². The summed E-state index contributed by atoms with van der Waals surface area (Å²) < 4.78 is 0.795. The van der Waals surface area contributed by atoms with E-state index < -0.39 is 0 Å². The smallest absolute Gasteiger partial charge is 0.126 e. The quantitative estimate of drug-likeness (QED) is 0.878. The van der Waals surface area contributed by atoms with Gasteiger partial charge < -0.3 is 5.32 Å². The monoisotopic (exact) mass is 252 g/mol. The molecule has 2 aromatic heterocycles. The first-order valence-corrected chi connectivity index (χ1v) is 6.45. The Labute approximate surface area is 104 Å². The normalized spacial score (nSPS) is 10.4. The van der Waals surface area contributed by atoms with Gasteiger partial charge in [0.15, 0.2) is 0 Å². The zero-order chi connectivity index (χ0) is 11.4. The predicted molar refractivity (Wildman–Crippen MR) is 71.3 cm³/mol. The van der Waals surface area contributed by atoms with E-state index in [-0.39, 0.29) is 0 Å². The van der Waals surface area contributed by atoms with E-state index >= 15 is 0 Å². The van der Waals surface area contributed by atoms with E-state index in [0.29, 0.717) is 0 Å². The third-order valence-corrected chi connectivity index (χ3v) is 3.38. The summed E-state index contributed by atoms with van der Waals surface area (Å²) in [6, 6.07) is 9.88. The van der Waals surface area contributed by atoms with Crippen LogP contribution >= 0.6 is 22.9 Å². The zero-order valence-electron chi connectivity index (χ0n) is 9.03. The van der Waals surface area contributed by atoms with Gasteiger partial charge in [-0.15, -0.1) is 11.3 Å². The SMILES string of the molecule is CCCNc1cccc(-c2ccc(Cl)s2)n1. The highest BCUT2D eigenvalue weighted by atomic mass is 35.5. The zero-order valence-corrected chi connectivity index (χ0v) is 10.6. The molecule has 0 aliphatic heterocycles. The molecule has 84 valence electrons. The molecule has 0 unspecified atom stereocenters. The lowest BCUT2D eigenvalue weighted by Gasteiger charge is -2.04. The van der Waals surface area contributed by atoms with Crippen molar-refractivity contribution in [2.75, 3.05) is 11.9 Å². The number of nitrogens with zero attached hydrogens (tertiary/aromatic N) is 1. The average molecular weight is 253 g/mol. The number of hydrogen-bond donors (Lipinski definition) is 1. The van der Waals surface area contributed by atoms with E-state index in [1.165, 1.54) is 0 Å². The lowest BCUT2D eigenvalue weighted by molar-refractivity contribution is 0.970. The lowest BCUT2D eigenvalue weighted by Crippen LogP contribution is -2.01. The van der Waals surface area contributed by atoms with Crippen LogP contribution in [0.25, 0.3) is 10.6 Å². The first-order valence-electron chi connectivity index (χ1n) is 5.26. The number of aromatic nitrogens is 1. The molecule has 0 atom stereocenters. The van der Waals surface area contributed by atoms with Crippen LogP contribution in [0.2, 0.25) is 4.34 Å². The van der Waals surface area contributed by atoms with Gasteiger partial charge in [-0.05, 0) is 30.7 Å². The van der Waals surface area contributed by atoms with Gasteiger partial charge in [0.2, 0.25) is 0 Å². The number of thiophene rings is 1. The van der Waals surface area contributed by atoms with Gasteiger partial charge in [-0.2, -0.15) is 0 Å². The second kappa shape index (κ2) is 5.32. The van der Waals surface area contributed by atoms with Gasteiger partial charge in [0.25, 0.3) is 0 Å². The van der Waals surface area contributed by atoms with Crippen LogP contribution in [0.1, 0.15) is 13.3 Å². The summed E-state index contributed by atoms with van der Waals surface area (Å²) >= 11 is 7.46. The number of hydrogen-bond acceptors (Lipinski definition) is 3. The largest absolute Gasteiger partial charge is 0.370 e. The Bertz CT molecular complexity index is 468. The van der Waals surface area contributed by atoms with Crippen molar-refractivity contribution in [3.05, 3.63) is 34.7 Å². The van der Waals surface area contributed by atoms with Gasteiger partial charge >= 0.3 is 0 Å². The maximum Gasteiger partial charge on any atom is 0.126 e. The van der Waals surface area contributed by atoms with Crippen LogP contribution in [-0.4, -0.2) is 11.5 Å². The van der Waals surface area contributed by atoms with Gasteiger partial charge in [-0.1, -0.05) is 24.6 Å². The molecule has 0 bridgehead atoms. The van der Waals surface area contributed by atoms with Crippen molar-refractivity contribution in [2.24, 2.45) is 0 Å². The summed E-state index contributed by atoms with van der Waals surface area (Å²) in [5.74, 6) is 0.920. The van der Waals surface area contributed by atoms with E-state index in [0.717, 1.165) is 33.7 Å². The summed E-state index contributed by atoms with van der Waals surface area (Å²) in [4.78, 5) is 5.64. The highest BCUT2D eigenvalue weighted by molar-refractivity contribution is 7.19. The molecular weight excluding hydrogens is 240 g/mol. The first kappa shape index (κ1) is 11.4. The van der Waals surface area contributed by atoms with E-state index in [4.69, 9.17) is 11.6 Å². The highest BCUT2D eigenvalue weighted by Gasteiger charge is 2.03. The number of pyridine rings is 1. The molecule has 1 N–H and O–H groups in total. The second-order valence-corrected chi connectivity index (χ2v) is 5.15. The standard InChI is InChI=1S/C12H13ClN2S/c1-2-8-14-12-5-3-4-9(15-12)10-6-7-11(13)16-10/h3-7H,2,8H2,1H3,(H,14,15). The van der Waals surface area contributed by atoms with Crippen molar-refractivity contribution in [2.45, 2.75) is 13.3 Å². The van der Waals surface area contributed by atoms with E-state index in [9.17, 15) is 0 Å². The minimum absolute atomic E-state index is 0.795. The van der Waals surface area contributed by atoms with Crippen LogP contribution in [0.4, 0.5) is 5.82 Å². The van der Waals surface area contributed by atoms with Crippen molar-refractivity contribution in [3.8, 4) is 10.6 Å². The topological polar surface area (TPSA) is 24.9 Å². The number of rotatable bonds is 4. The molecule has 0 spiro atoms. The minimum atomic E-state index is 0.795. The van der Waals surface area contributed by atoms with Crippen molar-refractivity contribution in [3.63, 3.8) is 0 Å². The Kier molecular flexibility index (Phi) is 3.80. The predicted octanol–water partition coefficient (Wildman–Crippen LogP) is 4.29. The van der Waals surface area contributed by atoms with E-state index in [2.05, 4.69) is 17.2 Å². The minimum Gasteiger partial charge on any atom is -0.370 e. The second-order valence-electron chi connectivity index (χ2n) is 3.44. The summed E-state index contributed by atoms with van der Waals surface area (Å²) in [5, 5.41) is 3.27. The van der Waals surface area contributed by atoms with Crippen molar-refractivity contribution < 1.29 is 0 Å².